The second kappa shape index (κ2) is 8.47. The second-order valence-electron chi connectivity index (χ2n) is 5.10. The van der Waals surface area contributed by atoms with Crippen LogP contribution in [0.15, 0.2) is 24.3 Å². The van der Waals surface area contributed by atoms with Crippen LogP contribution in [-0.2, 0) is 0 Å². The Labute approximate surface area is 125 Å². The van der Waals surface area contributed by atoms with Crippen LogP contribution in [0.5, 0.6) is 11.5 Å². The standard InChI is InChI=1S/C16H25BrO2/c1-4-10-16(12-17,11-5-2)13-19-15-8-6-14(18-3)7-9-15/h6-9H,4-5,10-13H2,1-3H3. The molecule has 1 aromatic rings. The van der Waals surface area contributed by atoms with Gasteiger partial charge in [0.05, 0.1) is 13.7 Å². The van der Waals surface area contributed by atoms with E-state index in [0.29, 0.717) is 0 Å². The molecule has 0 aliphatic rings. The van der Waals surface area contributed by atoms with Gasteiger partial charge in [0.25, 0.3) is 0 Å². The molecule has 0 saturated carbocycles. The molecule has 0 N–H and O–H groups in total. The van der Waals surface area contributed by atoms with Gasteiger partial charge in [-0.25, -0.2) is 0 Å². The topological polar surface area (TPSA) is 18.5 Å². The van der Waals surface area contributed by atoms with E-state index in [1.54, 1.807) is 7.11 Å². The third-order valence-corrected chi connectivity index (χ3v) is 4.64. The highest BCUT2D eigenvalue weighted by Gasteiger charge is 2.28. The van der Waals surface area contributed by atoms with Gasteiger partial charge in [0.1, 0.15) is 11.5 Å². The highest BCUT2D eigenvalue weighted by Crippen LogP contribution is 2.33. The zero-order chi connectivity index (χ0) is 14.1. The summed E-state index contributed by atoms with van der Waals surface area (Å²) in [5.41, 5.74) is 0.253. The van der Waals surface area contributed by atoms with Crippen molar-refractivity contribution in [3.8, 4) is 11.5 Å². The van der Waals surface area contributed by atoms with Crippen LogP contribution in [0.25, 0.3) is 0 Å². The second-order valence-corrected chi connectivity index (χ2v) is 5.66. The minimum atomic E-state index is 0.253. The van der Waals surface area contributed by atoms with Crippen molar-refractivity contribution >= 4 is 15.9 Å². The van der Waals surface area contributed by atoms with Crippen LogP contribution >= 0.6 is 15.9 Å². The summed E-state index contributed by atoms with van der Waals surface area (Å²) in [6.07, 6.45) is 4.78. The smallest absolute Gasteiger partial charge is 0.119 e. The Morgan fingerprint density at radius 3 is 1.95 bits per heavy atom. The largest absolute Gasteiger partial charge is 0.497 e. The molecule has 0 atom stereocenters. The number of halogens is 1. The molecule has 0 heterocycles. The highest BCUT2D eigenvalue weighted by molar-refractivity contribution is 9.09. The molecule has 2 nitrogen and oxygen atoms in total. The molecular weight excluding hydrogens is 304 g/mol. The summed E-state index contributed by atoms with van der Waals surface area (Å²) in [4.78, 5) is 0. The van der Waals surface area contributed by atoms with Crippen molar-refractivity contribution in [3.63, 3.8) is 0 Å². The van der Waals surface area contributed by atoms with Gasteiger partial charge < -0.3 is 9.47 Å². The first kappa shape index (κ1) is 16.4. The van der Waals surface area contributed by atoms with Gasteiger partial charge in [-0.2, -0.15) is 0 Å². The minimum Gasteiger partial charge on any atom is -0.497 e. The summed E-state index contributed by atoms with van der Waals surface area (Å²) in [5.74, 6) is 1.78. The van der Waals surface area contributed by atoms with Crippen molar-refractivity contribution in [3.05, 3.63) is 24.3 Å². The molecule has 108 valence electrons. The van der Waals surface area contributed by atoms with Crippen molar-refractivity contribution < 1.29 is 9.47 Å². The summed E-state index contributed by atoms with van der Waals surface area (Å²) in [6, 6.07) is 7.81. The van der Waals surface area contributed by atoms with E-state index in [1.165, 1.54) is 25.7 Å². The summed E-state index contributed by atoms with van der Waals surface area (Å²) >= 11 is 3.67. The Morgan fingerprint density at radius 1 is 1.00 bits per heavy atom. The zero-order valence-corrected chi connectivity index (χ0v) is 13.8. The molecule has 0 unspecified atom stereocenters. The van der Waals surface area contributed by atoms with Gasteiger partial charge in [0.15, 0.2) is 0 Å². The lowest BCUT2D eigenvalue weighted by molar-refractivity contribution is 0.144. The maximum absolute atomic E-state index is 5.98. The molecule has 0 radical (unpaired) electrons. The predicted octanol–water partition coefficient (Wildman–Crippen LogP) is 5.06. The van der Waals surface area contributed by atoms with Gasteiger partial charge in [-0.1, -0.05) is 42.6 Å². The first-order valence-electron chi connectivity index (χ1n) is 7.02. The lowest BCUT2D eigenvalue weighted by Gasteiger charge is -2.31. The van der Waals surface area contributed by atoms with Crippen LogP contribution in [0, 0.1) is 5.41 Å². The van der Waals surface area contributed by atoms with E-state index in [0.717, 1.165) is 23.4 Å². The number of alkyl halides is 1. The van der Waals surface area contributed by atoms with Crippen LogP contribution < -0.4 is 9.47 Å². The number of benzene rings is 1. The van der Waals surface area contributed by atoms with Crippen LogP contribution in [-0.4, -0.2) is 19.0 Å². The Bertz CT molecular complexity index is 342. The van der Waals surface area contributed by atoms with Crippen LogP contribution in [0.3, 0.4) is 0 Å². The number of rotatable bonds is 9. The molecular formula is C16H25BrO2. The Kier molecular flexibility index (Phi) is 7.29. The third kappa shape index (κ3) is 5.06. The van der Waals surface area contributed by atoms with E-state index < -0.39 is 0 Å². The SMILES string of the molecule is CCCC(CBr)(CCC)COc1ccc(OC)cc1. The molecule has 0 aromatic heterocycles. The summed E-state index contributed by atoms with van der Waals surface area (Å²) in [5, 5.41) is 0.998. The first-order chi connectivity index (χ1) is 9.19. The van der Waals surface area contributed by atoms with E-state index in [2.05, 4.69) is 29.8 Å². The lowest BCUT2D eigenvalue weighted by Crippen LogP contribution is -2.30. The third-order valence-electron chi connectivity index (χ3n) is 3.45. The maximum Gasteiger partial charge on any atom is 0.119 e. The van der Waals surface area contributed by atoms with Gasteiger partial charge in [-0.3, -0.25) is 0 Å². The quantitative estimate of drug-likeness (QED) is 0.590. The fourth-order valence-corrected chi connectivity index (χ4v) is 3.13. The summed E-state index contributed by atoms with van der Waals surface area (Å²) < 4.78 is 11.1. The van der Waals surface area contributed by atoms with Crippen LogP contribution in [0.4, 0.5) is 0 Å². The molecule has 0 saturated heterocycles. The number of hydrogen-bond donors (Lipinski definition) is 0. The van der Waals surface area contributed by atoms with E-state index in [1.807, 2.05) is 24.3 Å². The zero-order valence-electron chi connectivity index (χ0n) is 12.2. The molecule has 0 aliphatic carbocycles. The van der Waals surface area contributed by atoms with Crippen molar-refractivity contribution in [1.82, 2.24) is 0 Å². The molecule has 0 bridgehead atoms. The van der Waals surface area contributed by atoms with Gasteiger partial charge in [-0.05, 0) is 37.1 Å². The number of ether oxygens (including phenoxy) is 2. The minimum absolute atomic E-state index is 0.253. The fourth-order valence-electron chi connectivity index (χ4n) is 2.41. The van der Waals surface area contributed by atoms with Crippen molar-refractivity contribution in [1.29, 1.82) is 0 Å². The van der Waals surface area contributed by atoms with Crippen LogP contribution in [0.2, 0.25) is 0 Å². The van der Waals surface area contributed by atoms with Gasteiger partial charge in [-0.15, -0.1) is 0 Å². The molecule has 0 fully saturated rings. The number of methoxy groups -OCH3 is 1. The van der Waals surface area contributed by atoms with Crippen molar-refractivity contribution in [2.45, 2.75) is 39.5 Å². The van der Waals surface area contributed by atoms with E-state index in [4.69, 9.17) is 9.47 Å². The molecule has 3 heteroatoms. The highest BCUT2D eigenvalue weighted by atomic mass is 79.9. The van der Waals surface area contributed by atoms with Gasteiger partial charge in [0.2, 0.25) is 0 Å². The van der Waals surface area contributed by atoms with E-state index in [-0.39, 0.29) is 5.41 Å². The van der Waals surface area contributed by atoms with E-state index >= 15 is 0 Å². The average Bonchev–Trinajstić information content (AvgIpc) is 2.46. The van der Waals surface area contributed by atoms with Crippen LogP contribution in [0.1, 0.15) is 39.5 Å². The monoisotopic (exact) mass is 328 g/mol. The lowest BCUT2D eigenvalue weighted by atomic mass is 9.82. The van der Waals surface area contributed by atoms with E-state index in [9.17, 15) is 0 Å². The van der Waals surface area contributed by atoms with Crippen molar-refractivity contribution in [2.75, 3.05) is 19.0 Å². The van der Waals surface area contributed by atoms with Crippen molar-refractivity contribution in [2.24, 2.45) is 5.41 Å². The fraction of sp³-hybridized carbons (Fsp3) is 0.625. The normalized spacial score (nSPS) is 11.4. The Balaban J connectivity index is 2.63. The van der Waals surface area contributed by atoms with Gasteiger partial charge in [0, 0.05) is 10.7 Å². The Hall–Kier alpha value is -0.700. The molecule has 1 rings (SSSR count). The predicted molar refractivity (Wildman–Crippen MR) is 84.5 cm³/mol. The summed E-state index contributed by atoms with van der Waals surface area (Å²) in [7, 11) is 1.67. The maximum atomic E-state index is 5.98. The average molecular weight is 329 g/mol. The van der Waals surface area contributed by atoms with Gasteiger partial charge >= 0.3 is 0 Å². The first-order valence-corrected chi connectivity index (χ1v) is 8.14. The summed E-state index contributed by atoms with van der Waals surface area (Å²) in [6.45, 7) is 5.24. The molecule has 1 aromatic carbocycles. The Morgan fingerprint density at radius 2 is 1.53 bits per heavy atom. The molecule has 0 amide bonds. The molecule has 19 heavy (non-hydrogen) atoms. The molecule has 0 aliphatic heterocycles. The molecule has 0 spiro atoms. The number of hydrogen-bond acceptors (Lipinski definition) is 2.